The van der Waals surface area contributed by atoms with Crippen LogP contribution < -0.4 is 5.32 Å². The van der Waals surface area contributed by atoms with E-state index in [0.717, 1.165) is 24.2 Å². The molecule has 1 aliphatic rings. The van der Waals surface area contributed by atoms with Crippen molar-refractivity contribution in [1.82, 2.24) is 15.1 Å². The van der Waals surface area contributed by atoms with Gasteiger partial charge >= 0.3 is 12.2 Å². The summed E-state index contributed by atoms with van der Waals surface area (Å²) in [6, 6.07) is 6.08. The van der Waals surface area contributed by atoms with E-state index in [4.69, 9.17) is 0 Å². The molecule has 1 saturated heterocycles. The van der Waals surface area contributed by atoms with Crippen molar-refractivity contribution in [2.45, 2.75) is 33.0 Å². The van der Waals surface area contributed by atoms with Crippen LogP contribution in [0.1, 0.15) is 23.1 Å². The van der Waals surface area contributed by atoms with Crippen molar-refractivity contribution in [3.05, 3.63) is 34.9 Å². The van der Waals surface area contributed by atoms with E-state index >= 15 is 0 Å². The average Bonchev–Trinajstić information content (AvgIpc) is 2.60. The molecule has 1 aromatic rings. The number of rotatable bonds is 7. The molecule has 27 heavy (non-hydrogen) atoms. The van der Waals surface area contributed by atoms with Gasteiger partial charge in [0.05, 0.1) is 0 Å². The van der Waals surface area contributed by atoms with Gasteiger partial charge in [-0.25, -0.2) is 4.79 Å². The third-order valence-corrected chi connectivity index (χ3v) is 4.62. The predicted octanol–water partition coefficient (Wildman–Crippen LogP) is 3.10. The van der Waals surface area contributed by atoms with Crippen LogP contribution in [0.25, 0.3) is 0 Å². The standard InChI is InChI=1S/C19H28F3N3O2/c1-15-4-5-17(16(2)12-15)13-23-18(26)25-9-7-24(8-10-25)6-3-11-27-14-19(20,21)22/h4-5,12H,3,6-11,13-14H2,1-2H3,(H,23,26). The van der Waals surface area contributed by atoms with Crippen LogP contribution in [-0.2, 0) is 11.3 Å². The van der Waals surface area contributed by atoms with E-state index in [1.807, 2.05) is 26.0 Å². The minimum Gasteiger partial charge on any atom is -0.372 e. The zero-order valence-corrected chi connectivity index (χ0v) is 15.9. The molecule has 0 atom stereocenters. The normalized spacial score (nSPS) is 15.8. The van der Waals surface area contributed by atoms with Gasteiger partial charge < -0.3 is 15.0 Å². The van der Waals surface area contributed by atoms with Gasteiger partial charge in [-0.05, 0) is 31.4 Å². The van der Waals surface area contributed by atoms with Crippen molar-refractivity contribution in [2.24, 2.45) is 0 Å². The lowest BCUT2D eigenvalue weighted by atomic mass is 10.1. The van der Waals surface area contributed by atoms with Gasteiger partial charge in [-0.3, -0.25) is 4.90 Å². The first-order chi connectivity index (χ1) is 12.7. The monoisotopic (exact) mass is 387 g/mol. The van der Waals surface area contributed by atoms with Gasteiger partial charge in [-0.1, -0.05) is 23.8 Å². The number of benzene rings is 1. The number of hydrogen-bond acceptors (Lipinski definition) is 3. The number of hydrogen-bond donors (Lipinski definition) is 1. The van der Waals surface area contributed by atoms with Gasteiger partial charge in [0.1, 0.15) is 6.61 Å². The second kappa shape index (κ2) is 9.94. The summed E-state index contributed by atoms with van der Waals surface area (Å²) < 4.78 is 40.6. The minimum atomic E-state index is -4.27. The second-order valence-corrected chi connectivity index (χ2v) is 6.94. The Balaban J connectivity index is 1.62. The van der Waals surface area contributed by atoms with E-state index in [0.29, 0.717) is 32.6 Å². The Labute approximate surface area is 158 Å². The number of ether oxygens (including phenoxy) is 1. The molecule has 0 aliphatic carbocycles. The summed E-state index contributed by atoms with van der Waals surface area (Å²) in [6.07, 6.45) is -3.72. The molecular formula is C19H28F3N3O2. The summed E-state index contributed by atoms with van der Waals surface area (Å²) >= 11 is 0. The lowest BCUT2D eigenvalue weighted by Crippen LogP contribution is -2.51. The molecule has 152 valence electrons. The maximum Gasteiger partial charge on any atom is 0.411 e. The molecule has 0 bridgehead atoms. The minimum absolute atomic E-state index is 0.0804. The fraction of sp³-hybridized carbons (Fsp3) is 0.632. The Kier molecular flexibility index (Phi) is 7.91. The van der Waals surface area contributed by atoms with E-state index < -0.39 is 12.8 Å². The van der Waals surface area contributed by atoms with Gasteiger partial charge in [-0.2, -0.15) is 13.2 Å². The Bertz CT molecular complexity index is 615. The summed E-state index contributed by atoms with van der Waals surface area (Å²) in [6.45, 7) is 6.81. The molecular weight excluding hydrogens is 359 g/mol. The van der Waals surface area contributed by atoms with Crippen molar-refractivity contribution >= 4 is 6.03 Å². The fourth-order valence-electron chi connectivity index (χ4n) is 3.08. The van der Waals surface area contributed by atoms with Gasteiger partial charge in [0.25, 0.3) is 0 Å². The number of urea groups is 1. The first-order valence-electron chi connectivity index (χ1n) is 9.20. The summed E-state index contributed by atoms with van der Waals surface area (Å²) in [7, 11) is 0. The molecule has 1 fully saturated rings. The summed E-state index contributed by atoms with van der Waals surface area (Å²) in [4.78, 5) is 16.2. The molecule has 1 aromatic carbocycles. The zero-order valence-electron chi connectivity index (χ0n) is 15.9. The highest BCUT2D eigenvalue weighted by molar-refractivity contribution is 5.74. The molecule has 5 nitrogen and oxygen atoms in total. The molecule has 0 unspecified atom stereocenters. The van der Waals surface area contributed by atoms with Crippen LogP contribution in [0.15, 0.2) is 18.2 Å². The van der Waals surface area contributed by atoms with Gasteiger partial charge in [0.2, 0.25) is 0 Å². The molecule has 0 radical (unpaired) electrons. The number of alkyl halides is 3. The second-order valence-electron chi connectivity index (χ2n) is 6.94. The van der Waals surface area contributed by atoms with E-state index in [2.05, 4.69) is 21.0 Å². The van der Waals surface area contributed by atoms with Gasteiger partial charge in [0, 0.05) is 45.9 Å². The number of piperazine rings is 1. The van der Waals surface area contributed by atoms with E-state index in [1.165, 1.54) is 5.56 Å². The van der Waals surface area contributed by atoms with Crippen LogP contribution in [0.3, 0.4) is 0 Å². The van der Waals surface area contributed by atoms with E-state index in [9.17, 15) is 18.0 Å². The lowest BCUT2D eigenvalue weighted by molar-refractivity contribution is -0.174. The van der Waals surface area contributed by atoms with Crippen molar-refractivity contribution in [3.8, 4) is 0 Å². The third kappa shape index (κ3) is 7.76. The van der Waals surface area contributed by atoms with Crippen molar-refractivity contribution in [1.29, 1.82) is 0 Å². The van der Waals surface area contributed by atoms with Crippen LogP contribution in [0, 0.1) is 13.8 Å². The van der Waals surface area contributed by atoms with Crippen molar-refractivity contribution < 1.29 is 22.7 Å². The number of aryl methyl sites for hydroxylation is 2. The smallest absolute Gasteiger partial charge is 0.372 e. The molecule has 2 rings (SSSR count). The predicted molar refractivity (Wildman–Crippen MR) is 97.7 cm³/mol. The molecule has 8 heteroatoms. The highest BCUT2D eigenvalue weighted by atomic mass is 19.4. The number of halogens is 3. The number of nitrogens with zero attached hydrogens (tertiary/aromatic N) is 2. The van der Waals surface area contributed by atoms with E-state index in [-0.39, 0.29) is 12.6 Å². The number of amides is 2. The maximum absolute atomic E-state index is 12.3. The molecule has 0 spiro atoms. The summed E-state index contributed by atoms with van der Waals surface area (Å²) in [5.74, 6) is 0. The first kappa shape index (κ1) is 21.5. The molecule has 0 aromatic heterocycles. The van der Waals surface area contributed by atoms with Crippen molar-refractivity contribution in [2.75, 3.05) is 45.9 Å². The third-order valence-electron chi connectivity index (χ3n) is 4.62. The fourth-order valence-corrected chi connectivity index (χ4v) is 3.08. The van der Waals surface area contributed by atoms with Crippen molar-refractivity contribution in [3.63, 3.8) is 0 Å². The van der Waals surface area contributed by atoms with Crippen LogP contribution in [-0.4, -0.2) is 67.9 Å². The lowest BCUT2D eigenvalue weighted by Gasteiger charge is -2.34. The average molecular weight is 387 g/mol. The van der Waals surface area contributed by atoms with Crippen LogP contribution in [0.4, 0.5) is 18.0 Å². The highest BCUT2D eigenvalue weighted by Gasteiger charge is 2.27. The summed E-state index contributed by atoms with van der Waals surface area (Å²) in [5.41, 5.74) is 3.46. The quantitative estimate of drug-likeness (QED) is 0.732. The SMILES string of the molecule is Cc1ccc(CNC(=O)N2CCN(CCCOCC(F)(F)F)CC2)c(C)c1. The Morgan fingerprint density at radius 3 is 2.52 bits per heavy atom. The number of nitrogens with one attached hydrogen (secondary N) is 1. The zero-order chi connectivity index (χ0) is 19.9. The Hall–Kier alpha value is -1.80. The van der Waals surface area contributed by atoms with Crippen LogP contribution >= 0.6 is 0 Å². The topological polar surface area (TPSA) is 44.8 Å². The highest BCUT2D eigenvalue weighted by Crippen LogP contribution is 2.14. The van der Waals surface area contributed by atoms with Crippen LogP contribution in [0.2, 0.25) is 0 Å². The first-order valence-corrected chi connectivity index (χ1v) is 9.20. The van der Waals surface area contributed by atoms with Gasteiger partial charge in [0.15, 0.2) is 0 Å². The number of carbonyl (C=O) groups is 1. The molecule has 2 amide bonds. The molecule has 0 saturated carbocycles. The van der Waals surface area contributed by atoms with Gasteiger partial charge in [-0.15, -0.1) is 0 Å². The van der Waals surface area contributed by atoms with E-state index in [1.54, 1.807) is 4.90 Å². The summed E-state index contributed by atoms with van der Waals surface area (Å²) in [5, 5.41) is 2.96. The Morgan fingerprint density at radius 2 is 1.89 bits per heavy atom. The largest absolute Gasteiger partial charge is 0.411 e. The maximum atomic E-state index is 12.3. The Morgan fingerprint density at radius 1 is 1.19 bits per heavy atom. The number of carbonyl (C=O) groups excluding carboxylic acids is 1. The van der Waals surface area contributed by atoms with Crippen LogP contribution in [0.5, 0.6) is 0 Å². The molecule has 1 heterocycles. The molecule has 1 N–H and O–H groups in total. The molecule has 1 aliphatic heterocycles.